The Morgan fingerprint density at radius 1 is 1.35 bits per heavy atom. The van der Waals surface area contributed by atoms with Crippen LogP contribution in [0.15, 0.2) is 24.3 Å². The number of nitrogens with one attached hydrogen (secondary N) is 1. The van der Waals surface area contributed by atoms with Crippen LogP contribution in [-0.2, 0) is 4.79 Å². The Kier molecular flexibility index (Phi) is 4.68. The van der Waals surface area contributed by atoms with Crippen LogP contribution in [0.3, 0.4) is 0 Å². The monoisotopic (exact) mass is 277 g/mol. The van der Waals surface area contributed by atoms with Gasteiger partial charge in [-0.3, -0.25) is 14.9 Å². The summed E-state index contributed by atoms with van der Waals surface area (Å²) in [5.74, 6) is -0.130. The summed E-state index contributed by atoms with van der Waals surface area (Å²) in [6.07, 6.45) is 3.85. The van der Waals surface area contributed by atoms with E-state index in [2.05, 4.69) is 5.32 Å². The Hall–Kier alpha value is -1.95. The number of para-hydroxylation sites is 2. The van der Waals surface area contributed by atoms with Crippen LogP contribution in [0.1, 0.15) is 25.7 Å². The Balaban J connectivity index is 2.13. The van der Waals surface area contributed by atoms with E-state index in [9.17, 15) is 14.9 Å². The number of anilines is 1. The van der Waals surface area contributed by atoms with Gasteiger partial charge in [-0.2, -0.15) is 0 Å². The van der Waals surface area contributed by atoms with E-state index < -0.39 is 4.92 Å². The summed E-state index contributed by atoms with van der Waals surface area (Å²) in [7, 11) is 0. The van der Waals surface area contributed by atoms with Gasteiger partial charge in [-0.25, -0.2) is 0 Å². The summed E-state index contributed by atoms with van der Waals surface area (Å²) in [6, 6.07) is 6.19. The van der Waals surface area contributed by atoms with Gasteiger partial charge in [-0.05, 0) is 31.4 Å². The van der Waals surface area contributed by atoms with Gasteiger partial charge >= 0.3 is 0 Å². The molecular formula is C14H19N3O3. The molecule has 3 N–H and O–H groups in total. The lowest BCUT2D eigenvalue weighted by Crippen LogP contribution is -2.35. The molecule has 1 saturated carbocycles. The number of nitrogens with zero attached hydrogens (tertiary/aromatic N) is 1. The summed E-state index contributed by atoms with van der Waals surface area (Å²) in [4.78, 5) is 22.8. The first-order valence-corrected chi connectivity index (χ1v) is 6.88. The molecule has 0 aliphatic heterocycles. The van der Waals surface area contributed by atoms with E-state index in [1.54, 1.807) is 18.2 Å². The second-order valence-corrected chi connectivity index (χ2v) is 5.15. The highest BCUT2D eigenvalue weighted by atomic mass is 16.6. The van der Waals surface area contributed by atoms with E-state index in [4.69, 9.17) is 5.73 Å². The van der Waals surface area contributed by atoms with Crippen LogP contribution in [0.2, 0.25) is 0 Å². The van der Waals surface area contributed by atoms with E-state index in [-0.39, 0.29) is 29.1 Å². The van der Waals surface area contributed by atoms with Crippen LogP contribution in [0.4, 0.5) is 11.4 Å². The molecule has 2 rings (SSSR count). The zero-order valence-corrected chi connectivity index (χ0v) is 11.2. The molecule has 1 aromatic rings. The summed E-state index contributed by atoms with van der Waals surface area (Å²) < 4.78 is 0. The van der Waals surface area contributed by atoms with E-state index in [0.717, 1.165) is 25.7 Å². The average Bonchev–Trinajstić information content (AvgIpc) is 2.47. The molecule has 0 saturated heterocycles. The molecule has 1 fully saturated rings. The van der Waals surface area contributed by atoms with E-state index >= 15 is 0 Å². The lowest BCUT2D eigenvalue weighted by molar-refractivity contribution is -0.383. The minimum Gasteiger partial charge on any atom is -0.330 e. The van der Waals surface area contributed by atoms with E-state index in [1.165, 1.54) is 6.07 Å². The maximum atomic E-state index is 12.3. The molecule has 108 valence electrons. The second kappa shape index (κ2) is 6.47. The Morgan fingerprint density at radius 3 is 2.75 bits per heavy atom. The number of nitrogens with two attached hydrogens (primary N) is 1. The molecule has 2 unspecified atom stereocenters. The van der Waals surface area contributed by atoms with Crippen molar-refractivity contribution in [2.24, 2.45) is 17.6 Å². The number of carbonyl (C=O) groups is 1. The van der Waals surface area contributed by atoms with Crippen molar-refractivity contribution in [3.8, 4) is 0 Å². The van der Waals surface area contributed by atoms with Crippen molar-refractivity contribution >= 4 is 17.3 Å². The largest absolute Gasteiger partial charge is 0.330 e. The van der Waals surface area contributed by atoms with Gasteiger partial charge in [0.25, 0.3) is 5.69 Å². The predicted molar refractivity (Wildman–Crippen MR) is 76.2 cm³/mol. The highest BCUT2D eigenvalue weighted by molar-refractivity contribution is 5.94. The highest BCUT2D eigenvalue weighted by Gasteiger charge is 2.30. The summed E-state index contributed by atoms with van der Waals surface area (Å²) in [5.41, 5.74) is 5.89. The van der Waals surface area contributed by atoms with Crippen LogP contribution >= 0.6 is 0 Å². The zero-order chi connectivity index (χ0) is 14.5. The maximum absolute atomic E-state index is 12.3. The summed E-state index contributed by atoms with van der Waals surface area (Å²) >= 11 is 0. The summed E-state index contributed by atoms with van der Waals surface area (Å²) in [5, 5.41) is 13.6. The van der Waals surface area contributed by atoms with Crippen molar-refractivity contribution < 1.29 is 9.72 Å². The van der Waals surface area contributed by atoms with E-state index in [0.29, 0.717) is 6.54 Å². The number of carbonyl (C=O) groups excluding carboxylic acids is 1. The van der Waals surface area contributed by atoms with Crippen LogP contribution < -0.4 is 11.1 Å². The molecular weight excluding hydrogens is 258 g/mol. The van der Waals surface area contributed by atoms with Gasteiger partial charge in [0.15, 0.2) is 0 Å². The Morgan fingerprint density at radius 2 is 2.05 bits per heavy atom. The quantitative estimate of drug-likeness (QED) is 0.651. The second-order valence-electron chi connectivity index (χ2n) is 5.15. The van der Waals surface area contributed by atoms with Crippen molar-refractivity contribution in [2.45, 2.75) is 25.7 Å². The number of nitro benzene ring substituents is 1. The fourth-order valence-electron chi connectivity index (χ4n) is 2.80. The fourth-order valence-corrected chi connectivity index (χ4v) is 2.80. The van der Waals surface area contributed by atoms with Gasteiger partial charge in [0.2, 0.25) is 5.91 Å². The topological polar surface area (TPSA) is 98.3 Å². The molecule has 0 bridgehead atoms. The molecule has 6 nitrogen and oxygen atoms in total. The molecule has 0 radical (unpaired) electrons. The van der Waals surface area contributed by atoms with Gasteiger partial charge in [-0.1, -0.05) is 25.0 Å². The molecule has 0 aromatic heterocycles. The number of hydrogen-bond acceptors (Lipinski definition) is 4. The van der Waals surface area contributed by atoms with Crippen LogP contribution in [0, 0.1) is 22.0 Å². The summed E-state index contributed by atoms with van der Waals surface area (Å²) in [6.45, 7) is 0.481. The number of nitro groups is 1. The molecule has 1 aromatic carbocycles. The standard InChI is InChI=1S/C14H19N3O3/c15-9-10-5-1-2-6-11(10)14(18)16-12-7-3-4-8-13(12)17(19)20/h3-4,7-8,10-11H,1-2,5-6,9,15H2,(H,16,18). The lowest BCUT2D eigenvalue weighted by atomic mass is 9.78. The number of rotatable bonds is 4. The predicted octanol–water partition coefficient (Wildman–Crippen LogP) is 2.30. The lowest BCUT2D eigenvalue weighted by Gasteiger charge is -2.29. The molecule has 0 heterocycles. The van der Waals surface area contributed by atoms with Gasteiger partial charge in [0, 0.05) is 12.0 Å². The van der Waals surface area contributed by atoms with Crippen LogP contribution in [0.25, 0.3) is 0 Å². The first-order chi connectivity index (χ1) is 9.63. The molecule has 2 atom stereocenters. The first kappa shape index (κ1) is 14.5. The highest BCUT2D eigenvalue weighted by Crippen LogP contribution is 2.31. The zero-order valence-electron chi connectivity index (χ0n) is 11.2. The number of benzene rings is 1. The molecule has 6 heteroatoms. The molecule has 1 aliphatic carbocycles. The van der Waals surface area contributed by atoms with Crippen molar-refractivity contribution in [3.05, 3.63) is 34.4 Å². The van der Waals surface area contributed by atoms with Crippen molar-refractivity contribution in [1.29, 1.82) is 0 Å². The van der Waals surface area contributed by atoms with Crippen LogP contribution in [0.5, 0.6) is 0 Å². The maximum Gasteiger partial charge on any atom is 0.292 e. The van der Waals surface area contributed by atoms with Gasteiger partial charge in [0.05, 0.1) is 4.92 Å². The third kappa shape index (κ3) is 3.14. The third-order valence-electron chi connectivity index (χ3n) is 3.91. The van der Waals surface area contributed by atoms with Crippen LogP contribution in [-0.4, -0.2) is 17.4 Å². The van der Waals surface area contributed by atoms with Crippen molar-refractivity contribution in [2.75, 3.05) is 11.9 Å². The van der Waals surface area contributed by atoms with Gasteiger partial charge in [0.1, 0.15) is 5.69 Å². The molecule has 1 amide bonds. The van der Waals surface area contributed by atoms with Crippen molar-refractivity contribution in [3.63, 3.8) is 0 Å². The van der Waals surface area contributed by atoms with Gasteiger partial charge < -0.3 is 11.1 Å². The normalized spacial score (nSPS) is 22.2. The molecule has 0 spiro atoms. The first-order valence-electron chi connectivity index (χ1n) is 6.88. The molecule has 1 aliphatic rings. The number of amides is 1. The molecule has 20 heavy (non-hydrogen) atoms. The van der Waals surface area contributed by atoms with Crippen molar-refractivity contribution in [1.82, 2.24) is 0 Å². The third-order valence-corrected chi connectivity index (χ3v) is 3.91. The average molecular weight is 277 g/mol. The Bertz CT molecular complexity index is 504. The fraction of sp³-hybridized carbons (Fsp3) is 0.500. The van der Waals surface area contributed by atoms with Gasteiger partial charge in [-0.15, -0.1) is 0 Å². The SMILES string of the molecule is NCC1CCCCC1C(=O)Nc1ccccc1[N+](=O)[O-]. The Labute approximate surface area is 117 Å². The minimum absolute atomic E-state index is 0.0824. The van der Waals surface area contributed by atoms with E-state index in [1.807, 2.05) is 0 Å². The number of hydrogen-bond donors (Lipinski definition) is 2. The minimum atomic E-state index is -0.489. The smallest absolute Gasteiger partial charge is 0.292 e.